The lowest BCUT2D eigenvalue weighted by molar-refractivity contribution is -0.145. The smallest absolute Gasteiger partial charge is 0.230 e. The Hall–Kier alpha value is -1.55. The van der Waals surface area contributed by atoms with Gasteiger partial charge in [0.05, 0.1) is 12.5 Å². The highest BCUT2D eigenvalue weighted by atomic mass is 16.5. The maximum Gasteiger partial charge on any atom is 0.230 e. The standard InChI is InChI=1S/C20H28N2O2/c1-24-18-7-5-16(6-8-18)13-21-12-10-20(15-21)9-2-11-22(19(20)23)14-17-3-4-17/h5-8,17H,2-4,9-15H2,1H3/t20-/m0/s1. The summed E-state index contributed by atoms with van der Waals surface area (Å²) in [4.78, 5) is 17.7. The van der Waals surface area contributed by atoms with Gasteiger partial charge in [-0.2, -0.15) is 0 Å². The van der Waals surface area contributed by atoms with Crippen molar-refractivity contribution < 1.29 is 9.53 Å². The van der Waals surface area contributed by atoms with E-state index in [0.717, 1.165) is 57.2 Å². The van der Waals surface area contributed by atoms with Crippen molar-refractivity contribution in [3.63, 3.8) is 0 Å². The van der Waals surface area contributed by atoms with Crippen molar-refractivity contribution in [1.82, 2.24) is 9.80 Å². The number of hydrogen-bond acceptors (Lipinski definition) is 3. The fourth-order valence-corrected chi connectivity index (χ4v) is 4.40. The third-order valence-corrected chi connectivity index (χ3v) is 6.00. The van der Waals surface area contributed by atoms with E-state index in [2.05, 4.69) is 21.9 Å². The van der Waals surface area contributed by atoms with Crippen molar-refractivity contribution in [2.75, 3.05) is 33.3 Å². The average Bonchev–Trinajstić information content (AvgIpc) is 3.33. The number of benzene rings is 1. The fourth-order valence-electron chi connectivity index (χ4n) is 4.40. The number of carbonyl (C=O) groups excluding carboxylic acids is 1. The van der Waals surface area contributed by atoms with Crippen LogP contribution < -0.4 is 4.74 Å². The Kier molecular flexibility index (Phi) is 4.25. The lowest BCUT2D eigenvalue weighted by Crippen LogP contribution is -2.50. The molecule has 0 N–H and O–H groups in total. The average molecular weight is 328 g/mol. The van der Waals surface area contributed by atoms with Crippen LogP contribution in [0.4, 0.5) is 0 Å². The number of amides is 1. The van der Waals surface area contributed by atoms with Gasteiger partial charge in [0.1, 0.15) is 5.75 Å². The van der Waals surface area contributed by atoms with Crippen LogP contribution in [-0.2, 0) is 11.3 Å². The molecule has 1 spiro atoms. The van der Waals surface area contributed by atoms with Crippen LogP contribution in [0.5, 0.6) is 5.75 Å². The van der Waals surface area contributed by atoms with E-state index in [9.17, 15) is 4.79 Å². The maximum absolute atomic E-state index is 13.1. The number of ether oxygens (including phenoxy) is 1. The number of hydrogen-bond donors (Lipinski definition) is 0. The first-order chi connectivity index (χ1) is 11.7. The molecule has 0 aromatic heterocycles. The fraction of sp³-hybridized carbons (Fsp3) is 0.650. The summed E-state index contributed by atoms with van der Waals surface area (Å²) in [5.41, 5.74) is 1.20. The van der Waals surface area contributed by atoms with Crippen LogP contribution in [0.1, 0.15) is 37.7 Å². The van der Waals surface area contributed by atoms with Gasteiger partial charge in [-0.15, -0.1) is 0 Å². The van der Waals surface area contributed by atoms with Crippen molar-refractivity contribution in [2.24, 2.45) is 11.3 Å². The predicted molar refractivity (Wildman–Crippen MR) is 93.9 cm³/mol. The zero-order valence-electron chi connectivity index (χ0n) is 14.7. The summed E-state index contributed by atoms with van der Waals surface area (Å²) < 4.78 is 5.23. The lowest BCUT2D eigenvalue weighted by Gasteiger charge is -2.39. The van der Waals surface area contributed by atoms with Crippen molar-refractivity contribution in [1.29, 1.82) is 0 Å². The van der Waals surface area contributed by atoms with E-state index in [1.165, 1.54) is 24.8 Å². The molecule has 2 saturated heterocycles. The Morgan fingerprint density at radius 2 is 1.96 bits per heavy atom. The number of piperidine rings is 1. The minimum atomic E-state index is -0.0976. The minimum Gasteiger partial charge on any atom is -0.497 e. The summed E-state index contributed by atoms with van der Waals surface area (Å²) in [6, 6.07) is 8.30. The Balaban J connectivity index is 1.39. The Labute approximate surface area is 144 Å². The van der Waals surface area contributed by atoms with Crippen LogP contribution in [0.2, 0.25) is 0 Å². The highest BCUT2D eigenvalue weighted by Gasteiger charge is 2.48. The van der Waals surface area contributed by atoms with Crippen LogP contribution in [0, 0.1) is 11.3 Å². The van der Waals surface area contributed by atoms with E-state index in [0.29, 0.717) is 5.91 Å². The topological polar surface area (TPSA) is 32.8 Å². The van der Waals surface area contributed by atoms with Gasteiger partial charge in [0.15, 0.2) is 0 Å². The van der Waals surface area contributed by atoms with Gasteiger partial charge in [-0.1, -0.05) is 12.1 Å². The number of methoxy groups -OCH3 is 1. The molecule has 0 unspecified atom stereocenters. The van der Waals surface area contributed by atoms with Crippen molar-refractivity contribution >= 4 is 5.91 Å². The van der Waals surface area contributed by atoms with Crippen LogP contribution in [0.3, 0.4) is 0 Å². The van der Waals surface area contributed by atoms with Crippen LogP contribution >= 0.6 is 0 Å². The molecule has 1 atom stereocenters. The molecule has 0 bridgehead atoms. The zero-order chi connectivity index (χ0) is 16.6. The predicted octanol–water partition coefficient (Wildman–Crippen LogP) is 2.92. The molecule has 3 aliphatic rings. The van der Waals surface area contributed by atoms with Gasteiger partial charge in [0.25, 0.3) is 0 Å². The Morgan fingerprint density at radius 1 is 1.17 bits per heavy atom. The molecular weight excluding hydrogens is 300 g/mol. The monoisotopic (exact) mass is 328 g/mol. The number of rotatable bonds is 5. The highest BCUT2D eigenvalue weighted by Crippen LogP contribution is 2.42. The third-order valence-electron chi connectivity index (χ3n) is 6.00. The number of nitrogens with zero attached hydrogens (tertiary/aromatic N) is 2. The quantitative estimate of drug-likeness (QED) is 0.833. The molecule has 24 heavy (non-hydrogen) atoms. The summed E-state index contributed by atoms with van der Waals surface area (Å²) in [6.07, 6.45) is 5.92. The van der Waals surface area contributed by atoms with Gasteiger partial charge in [-0.05, 0) is 62.3 Å². The van der Waals surface area contributed by atoms with Gasteiger partial charge in [-0.25, -0.2) is 0 Å². The summed E-state index contributed by atoms with van der Waals surface area (Å²) in [6.45, 7) is 4.89. The van der Waals surface area contributed by atoms with Gasteiger partial charge in [0, 0.05) is 26.2 Å². The largest absolute Gasteiger partial charge is 0.497 e. The van der Waals surface area contributed by atoms with E-state index >= 15 is 0 Å². The minimum absolute atomic E-state index is 0.0976. The number of carbonyl (C=O) groups is 1. The molecule has 1 amide bonds. The first-order valence-electron chi connectivity index (χ1n) is 9.33. The zero-order valence-corrected chi connectivity index (χ0v) is 14.7. The van der Waals surface area contributed by atoms with E-state index in [-0.39, 0.29) is 5.41 Å². The Bertz CT molecular complexity index is 596. The van der Waals surface area contributed by atoms with Gasteiger partial charge in [0.2, 0.25) is 5.91 Å². The van der Waals surface area contributed by atoms with Crippen LogP contribution in [0.15, 0.2) is 24.3 Å². The molecule has 1 aliphatic carbocycles. The summed E-state index contributed by atoms with van der Waals surface area (Å²) in [7, 11) is 1.70. The van der Waals surface area contributed by atoms with Crippen molar-refractivity contribution in [3.8, 4) is 5.75 Å². The van der Waals surface area contributed by atoms with E-state index in [1.807, 2.05) is 12.1 Å². The van der Waals surface area contributed by atoms with Crippen LogP contribution in [-0.4, -0.2) is 49.0 Å². The second-order valence-electron chi connectivity index (χ2n) is 7.89. The molecule has 1 aromatic carbocycles. The molecule has 1 saturated carbocycles. The van der Waals surface area contributed by atoms with Gasteiger partial charge in [-0.3, -0.25) is 9.69 Å². The van der Waals surface area contributed by atoms with Crippen molar-refractivity contribution in [3.05, 3.63) is 29.8 Å². The second kappa shape index (κ2) is 6.40. The molecule has 130 valence electrons. The highest BCUT2D eigenvalue weighted by molar-refractivity contribution is 5.84. The normalized spacial score (nSPS) is 27.9. The van der Waals surface area contributed by atoms with E-state index in [4.69, 9.17) is 4.74 Å². The summed E-state index contributed by atoms with van der Waals surface area (Å²) >= 11 is 0. The third kappa shape index (κ3) is 3.16. The van der Waals surface area contributed by atoms with Crippen molar-refractivity contribution in [2.45, 2.75) is 38.6 Å². The molecule has 2 heterocycles. The van der Waals surface area contributed by atoms with Gasteiger partial charge >= 0.3 is 0 Å². The first-order valence-corrected chi connectivity index (χ1v) is 9.33. The number of likely N-dealkylation sites (tertiary alicyclic amines) is 2. The molecule has 4 nitrogen and oxygen atoms in total. The first kappa shape index (κ1) is 15.9. The maximum atomic E-state index is 13.1. The molecule has 2 aliphatic heterocycles. The second-order valence-corrected chi connectivity index (χ2v) is 7.89. The lowest BCUT2D eigenvalue weighted by atomic mass is 9.78. The van der Waals surface area contributed by atoms with E-state index < -0.39 is 0 Å². The SMILES string of the molecule is COc1ccc(CN2CC[C@@]3(CCCN(CC4CC4)C3=O)C2)cc1. The van der Waals surface area contributed by atoms with Gasteiger partial charge < -0.3 is 9.64 Å². The Morgan fingerprint density at radius 3 is 2.67 bits per heavy atom. The van der Waals surface area contributed by atoms with E-state index in [1.54, 1.807) is 7.11 Å². The van der Waals surface area contributed by atoms with Crippen LogP contribution in [0.25, 0.3) is 0 Å². The molecule has 4 rings (SSSR count). The molecule has 1 aromatic rings. The molecule has 0 radical (unpaired) electrons. The molecule has 3 fully saturated rings. The molecular formula is C20H28N2O2. The molecule has 4 heteroatoms. The summed E-state index contributed by atoms with van der Waals surface area (Å²) in [5, 5.41) is 0. The summed E-state index contributed by atoms with van der Waals surface area (Å²) in [5.74, 6) is 2.13.